The van der Waals surface area contributed by atoms with Gasteiger partial charge in [0.05, 0.1) is 0 Å². The zero-order chi connectivity index (χ0) is 9.84. The van der Waals surface area contributed by atoms with Crippen molar-refractivity contribution in [1.82, 2.24) is 4.90 Å². The van der Waals surface area contributed by atoms with E-state index in [0.717, 1.165) is 25.9 Å². The summed E-state index contributed by atoms with van der Waals surface area (Å²) in [4.78, 5) is 13.4. The van der Waals surface area contributed by atoms with Crippen LogP contribution in [0.25, 0.3) is 0 Å². The molecule has 0 bridgehead atoms. The van der Waals surface area contributed by atoms with Gasteiger partial charge in [0.25, 0.3) is 0 Å². The quantitative estimate of drug-likeness (QED) is 0.765. The SMILES string of the molecule is CCC(=O)N1CCC(N)C(CC)C1.Cl. The van der Waals surface area contributed by atoms with Crippen LogP contribution in [0.4, 0.5) is 0 Å². The molecule has 14 heavy (non-hydrogen) atoms. The summed E-state index contributed by atoms with van der Waals surface area (Å²) in [6.07, 6.45) is 2.66. The zero-order valence-corrected chi connectivity index (χ0v) is 9.85. The molecule has 0 saturated carbocycles. The van der Waals surface area contributed by atoms with E-state index in [1.165, 1.54) is 0 Å². The number of rotatable bonds is 2. The van der Waals surface area contributed by atoms with Crippen LogP contribution in [0.1, 0.15) is 33.1 Å². The monoisotopic (exact) mass is 220 g/mol. The lowest BCUT2D eigenvalue weighted by Gasteiger charge is -2.36. The van der Waals surface area contributed by atoms with Crippen molar-refractivity contribution in [2.75, 3.05) is 13.1 Å². The van der Waals surface area contributed by atoms with Crippen LogP contribution in [0.3, 0.4) is 0 Å². The highest BCUT2D eigenvalue weighted by atomic mass is 35.5. The van der Waals surface area contributed by atoms with E-state index in [1.807, 2.05) is 11.8 Å². The fraction of sp³-hybridized carbons (Fsp3) is 0.900. The number of halogens is 1. The number of hydrogen-bond donors (Lipinski definition) is 1. The second-order valence-electron chi connectivity index (χ2n) is 3.81. The molecule has 2 atom stereocenters. The van der Waals surface area contributed by atoms with Gasteiger partial charge in [-0.25, -0.2) is 0 Å². The van der Waals surface area contributed by atoms with Gasteiger partial charge in [-0.15, -0.1) is 12.4 Å². The molecule has 3 nitrogen and oxygen atoms in total. The first-order valence-electron chi connectivity index (χ1n) is 5.22. The Kier molecular flexibility index (Phi) is 6.12. The third kappa shape index (κ3) is 3.14. The molecule has 1 aliphatic heterocycles. The molecular formula is C10H21ClN2O. The van der Waals surface area contributed by atoms with Gasteiger partial charge in [0.15, 0.2) is 0 Å². The molecule has 1 amide bonds. The van der Waals surface area contributed by atoms with Crippen LogP contribution in [0.5, 0.6) is 0 Å². The van der Waals surface area contributed by atoms with Crippen molar-refractivity contribution < 1.29 is 4.79 Å². The third-order valence-electron chi connectivity index (χ3n) is 2.97. The molecule has 0 radical (unpaired) electrons. The number of hydrogen-bond acceptors (Lipinski definition) is 2. The Morgan fingerprint density at radius 2 is 2.14 bits per heavy atom. The number of amides is 1. The molecule has 2 unspecified atom stereocenters. The number of nitrogens with zero attached hydrogens (tertiary/aromatic N) is 1. The van der Waals surface area contributed by atoms with Crippen molar-refractivity contribution in [3.63, 3.8) is 0 Å². The third-order valence-corrected chi connectivity index (χ3v) is 2.97. The highest BCUT2D eigenvalue weighted by molar-refractivity contribution is 5.85. The number of piperidine rings is 1. The highest BCUT2D eigenvalue weighted by Crippen LogP contribution is 2.18. The molecule has 1 heterocycles. The van der Waals surface area contributed by atoms with Crippen LogP contribution in [0.2, 0.25) is 0 Å². The first-order chi connectivity index (χ1) is 6.19. The Labute approximate surface area is 92.4 Å². The van der Waals surface area contributed by atoms with Gasteiger partial charge in [0.2, 0.25) is 5.91 Å². The van der Waals surface area contributed by atoms with Gasteiger partial charge in [-0.2, -0.15) is 0 Å². The van der Waals surface area contributed by atoms with E-state index in [9.17, 15) is 4.79 Å². The number of nitrogens with two attached hydrogens (primary N) is 1. The fourth-order valence-corrected chi connectivity index (χ4v) is 1.93. The first kappa shape index (κ1) is 13.7. The van der Waals surface area contributed by atoms with Crippen LogP contribution >= 0.6 is 12.4 Å². The largest absolute Gasteiger partial charge is 0.342 e. The molecular weight excluding hydrogens is 200 g/mol. The molecule has 1 fully saturated rings. The van der Waals surface area contributed by atoms with Gasteiger partial charge in [-0.05, 0) is 12.3 Å². The maximum absolute atomic E-state index is 11.4. The van der Waals surface area contributed by atoms with E-state index in [-0.39, 0.29) is 18.3 Å². The number of likely N-dealkylation sites (tertiary alicyclic amines) is 1. The van der Waals surface area contributed by atoms with Crippen LogP contribution in [-0.2, 0) is 4.79 Å². The average Bonchev–Trinajstić information content (AvgIpc) is 2.17. The van der Waals surface area contributed by atoms with Gasteiger partial charge in [-0.3, -0.25) is 4.79 Å². The minimum atomic E-state index is 0. The molecule has 1 aliphatic rings. The Balaban J connectivity index is 0.00000169. The van der Waals surface area contributed by atoms with Gasteiger partial charge >= 0.3 is 0 Å². The lowest BCUT2D eigenvalue weighted by atomic mass is 9.90. The van der Waals surface area contributed by atoms with E-state index in [4.69, 9.17) is 5.73 Å². The van der Waals surface area contributed by atoms with Gasteiger partial charge in [-0.1, -0.05) is 20.3 Å². The van der Waals surface area contributed by atoms with Crippen molar-refractivity contribution >= 4 is 18.3 Å². The predicted octanol–water partition coefficient (Wildman–Crippen LogP) is 1.40. The molecule has 1 rings (SSSR count). The molecule has 0 aromatic heterocycles. The summed E-state index contributed by atoms with van der Waals surface area (Å²) in [5, 5.41) is 0. The Morgan fingerprint density at radius 1 is 1.50 bits per heavy atom. The minimum Gasteiger partial charge on any atom is -0.342 e. The van der Waals surface area contributed by atoms with E-state index < -0.39 is 0 Å². The second kappa shape index (κ2) is 6.25. The summed E-state index contributed by atoms with van der Waals surface area (Å²) in [5.74, 6) is 0.773. The predicted molar refractivity (Wildman–Crippen MR) is 60.5 cm³/mol. The van der Waals surface area contributed by atoms with Crippen molar-refractivity contribution in [3.8, 4) is 0 Å². The molecule has 84 valence electrons. The molecule has 4 heteroatoms. The lowest BCUT2D eigenvalue weighted by Crippen LogP contribution is -2.48. The van der Waals surface area contributed by atoms with E-state index in [0.29, 0.717) is 18.4 Å². The summed E-state index contributed by atoms with van der Waals surface area (Å²) >= 11 is 0. The van der Waals surface area contributed by atoms with Gasteiger partial charge in [0, 0.05) is 25.6 Å². The van der Waals surface area contributed by atoms with Gasteiger partial charge in [0.1, 0.15) is 0 Å². The fourth-order valence-electron chi connectivity index (χ4n) is 1.93. The summed E-state index contributed by atoms with van der Waals surface area (Å²) < 4.78 is 0. The molecule has 0 aromatic rings. The topological polar surface area (TPSA) is 46.3 Å². The maximum Gasteiger partial charge on any atom is 0.222 e. The van der Waals surface area contributed by atoms with E-state index in [1.54, 1.807) is 0 Å². The van der Waals surface area contributed by atoms with Crippen molar-refractivity contribution in [3.05, 3.63) is 0 Å². The van der Waals surface area contributed by atoms with Gasteiger partial charge < -0.3 is 10.6 Å². The highest BCUT2D eigenvalue weighted by Gasteiger charge is 2.26. The van der Waals surface area contributed by atoms with E-state index in [2.05, 4.69) is 6.92 Å². The van der Waals surface area contributed by atoms with Crippen molar-refractivity contribution in [2.24, 2.45) is 11.7 Å². The lowest BCUT2D eigenvalue weighted by molar-refractivity contribution is -0.132. The number of carbonyl (C=O) groups is 1. The van der Waals surface area contributed by atoms with E-state index >= 15 is 0 Å². The summed E-state index contributed by atoms with van der Waals surface area (Å²) in [7, 11) is 0. The summed E-state index contributed by atoms with van der Waals surface area (Å²) in [5.41, 5.74) is 5.96. The normalized spacial score (nSPS) is 26.9. The average molecular weight is 221 g/mol. The van der Waals surface area contributed by atoms with Crippen molar-refractivity contribution in [2.45, 2.75) is 39.2 Å². The van der Waals surface area contributed by atoms with Crippen LogP contribution < -0.4 is 5.73 Å². The molecule has 0 aliphatic carbocycles. The van der Waals surface area contributed by atoms with Crippen molar-refractivity contribution in [1.29, 1.82) is 0 Å². The Bertz CT molecular complexity index is 187. The number of carbonyl (C=O) groups excluding carboxylic acids is 1. The smallest absolute Gasteiger partial charge is 0.222 e. The summed E-state index contributed by atoms with van der Waals surface area (Å²) in [6, 6.07) is 0.297. The Morgan fingerprint density at radius 3 is 2.64 bits per heavy atom. The first-order valence-corrected chi connectivity index (χ1v) is 5.22. The second-order valence-corrected chi connectivity index (χ2v) is 3.81. The molecule has 2 N–H and O–H groups in total. The molecule has 0 aromatic carbocycles. The molecule has 0 spiro atoms. The standard InChI is InChI=1S/C10H20N2O.ClH/c1-3-8-7-12(10(13)4-2)6-5-9(8)11;/h8-9H,3-7,11H2,1-2H3;1H. The van der Waals surface area contributed by atoms with Crippen LogP contribution in [0.15, 0.2) is 0 Å². The maximum atomic E-state index is 11.4. The molecule has 1 saturated heterocycles. The van der Waals surface area contributed by atoms with Crippen LogP contribution in [-0.4, -0.2) is 29.9 Å². The zero-order valence-electron chi connectivity index (χ0n) is 9.03. The summed E-state index contributed by atoms with van der Waals surface area (Å²) in [6.45, 7) is 5.77. The Hall–Kier alpha value is -0.280. The minimum absolute atomic E-state index is 0. The van der Waals surface area contributed by atoms with Crippen LogP contribution in [0, 0.1) is 5.92 Å².